The van der Waals surface area contributed by atoms with Crippen LogP contribution in [0.25, 0.3) is 0 Å². The average Bonchev–Trinajstić information content (AvgIpc) is 2.78. The maximum absolute atomic E-state index is 13.0. The molecule has 0 bridgehead atoms. The van der Waals surface area contributed by atoms with Crippen molar-refractivity contribution in [2.45, 2.75) is 25.8 Å². The average molecular weight is 413 g/mol. The summed E-state index contributed by atoms with van der Waals surface area (Å²) in [5, 5.41) is 6.11. The highest BCUT2D eigenvalue weighted by atomic mass is 19.1. The van der Waals surface area contributed by atoms with Crippen molar-refractivity contribution in [1.29, 1.82) is 0 Å². The molecule has 30 heavy (non-hydrogen) atoms. The lowest BCUT2D eigenvalue weighted by Crippen LogP contribution is -2.45. The molecule has 0 radical (unpaired) electrons. The van der Waals surface area contributed by atoms with E-state index in [2.05, 4.69) is 20.5 Å². The van der Waals surface area contributed by atoms with Crippen molar-refractivity contribution >= 4 is 11.9 Å². The summed E-state index contributed by atoms with van der Waals surface area (Å²) in [5.74, 6) is 2.44. The van der Waals surface area contributed by atoms with Gasteiger partial charge in [-0.25, -0.2) is 4.39 Å². The first-order valence-electron chi connectivity index (χ1n) is 10.3. The normalized spacial score (nSPS) is 15.0. The van der Waals surface area contributed by atoms with E-state index >= 15 is 0 Å². The van der Waals surface area contributed by atoms with Crippen molar-refractivity contribution in [3.05, 3.63) is 59.9 Å². The predicted octanol–water partition coefficient (Wildman–Crippen LogP) is 3.54. The molecule has 0 saturated carbocycles. The van der Waals surface area contributed by atoms with Crippen molar-refractivity contribution in [1.82, 2.24) is 15.5 Å². The van der Waals surface area contributed by atoms with Gasteiger partial charge in [0.1, 0.15) is 17.3 Å². The lowest BCUT2D eigenvalue weighted by molar-refractivity contribution is -0.121. The smallest absolute Gasteiger partial charge is 0.220 e. The Morgan fingerprint density at radius 1 is 1.10 bits per heavy atom. The SMILES string of the molecule is CN=C(NCc1ccc(Oc2ccc(F)cc2)cc1)N1CCC(CC(=O)NC)CC1. The molecule has 0 aromatic heterocycles. The van der Waals surface area contributed by atoms with Gasteiger partial charge in [-0.3, -0.25) is 9.79 Å². The number of halogens is 1. The number of ether oxygens (including phenoxy) is 1. The summed E-state index contributed by atoms with van der Waals surface area (Å²) < 4.78 is 18.7. The van der Waals surface area contributed by atoms with Crippen molar-refractivity contribution < 1.29 is 13.9 Å². The molecule has 2 N–H and O–H groups in total. The van der Waals surface area contributed by atoms with Crippen LogP contribution in [0.3, 0.4) is 0 Å². The zero-order valence-electron chi connectivity index (χ0n) is 17.5. The molecule has 1 aliphatic rings. The molecule has 2 aromatic rings. The Kier molecular flexibility index (Phi) is 7.65. The van der Waals surface area contributed by atoms with Gasteiger partial charge < -0.3 is 20.3 Å². The van der Waals surface area contributed by atoms with Gasteiger partial charge in [0, 0.05) is 40.2 Å². The fourth-order valence-corrected chi connectivity index (χ4v) is 3.54. The summed E-state index contributed by atoms with van der Waals surface area (Å²) in [4.78, 5) is 18.2. The number of likely N-dealkylation sites (tertiary alicyclic amines) is 1. The van der Waals surface area contributed by atoms with Crippen molar-refractivity contribution in [3.8, 4) is 11.5 Å². The molecule has 0 spiro atoms. The van der Waals surface area contributed by atoms with E-state index in [1.807, 2.05) is 24.3 Å². The third-order valence-electron chi connectivity index (χ3n) is 5.30. The summed E-state index contributed by atoms with van der Waals surface area (Å²) in [6, 6.07) is 13.7. The lowest BCUT2D eigenvalue weighted by atomic mass is 9.93. The minimum absolute atomic E-state index is 0.114. The maximum Gasteiger partial charge on any atom is 0.220 e. The van der Waals surface area contributed by atoms with Gasteiger partial charge >= 0.3 is 0 Å². The molecule has 3 rings (SSSR count). The molecule has 0 unspecified atom stereocenters. The summed E-state index contributed by atoms with van der Waals surface area (Å²) in [5.41, 5.74) is 1.11. The fraction of sp³-hybridized carbons (Fsp3) is 0.391. The number of guanidine groups is 1. The Morgan fingerprint density at radius 3 is 2.27 bits per heavy atom. The highest BCUT2D eigenvalue weighted by molar-refractivity contribution is 5.80. The van der Waals surface area contributed by atoms with E-state index in [0.717, 1.165) is 37.5 Å². The number of nitrogens with zero attached hydrogens (tertiary/aromatic N) is 2. The van der Waals surface area contributed by atoms with E-state index in [1.54, 1.807) is 26.2 Å². The summed E-state index contributed by atoms with van der Waals surface area (Å²) >= 11 is 0. The monoisotopic (exact) mass is 412 g/mol. The number of carbonyl (C=O) groups is 1. The number of nitrogens with one attached hydrogen (secondary N) is 2. The van der Waals surface area contributed by atoms with Crippen LogP contribution in [0.2, 0.25) is 0 Å². The molecule has 1 aliphatic heterocycles. The van der Waals surface area contributed by atoms with Crippen LogP contribution in [-0.2, 0) is 11.3 Å². The van der Waals surface area contributed by atoms with Crippen molar-refractivity contribution in [2.75, 3.05) is 27.2 Å². The quantitative estimate of drug-likeness (QED) is 0.563. The number of hydrogen-bond acceptors (Lipinski definition) is 3. The molecule has 0 aliphatic carbocycles. The minimum atomic E-state index is -0.284. The Balaban J connectivity index is 1.47. The van der Waals surface area contributed by atoms with Crippen LogP contribution in [0, 0.1) is 11.7 Å². The van der Waals surface area contributed by atoms with Crippen molar-refractivity contribution in [2.24, 2.45) is 10.9 Å². The number of hydrogen-bond donors (Lipinski definition) is 2. The second kappa shape index (κ2) is 10.6. The lowest BCUT2D eigenvalue weighted by Gasteiger charge is -2.34. The molecule has 1 saturated heterocycles. The van der Waals surface area contributed by atoms with Crippen LogP contribution in [0.1, 0.15) is 24.8 Å². The molecular weight excluding hydrogens is 383 g/mol. The zero-order valence-corrected chi connectivity index (χ0v) is 17.5. The molecule has 2 aromatic carbocycles. The Hall–Kier alpha value is -3.09. The van der Waals surface area contributed by atoms with Crippen LogP contribution in [-0.4, -0.2) is 44.0 Å². The van der Waals surface area contributed by atoms with Gasteiger partial charge in [-0.2, -0.15) is 0 Å². The minimum Gasteiger partial charge on any atom is -0.457 e. The maximum atomic E-state index is 13.0. The molecular formula is C23H29FN4O2. The molecule has 6 nitrogen and oxygen atoms in total. The van der Waals surface area contributed by atoms with Gasteiger partial charge in [0.15, 0.2) is 5.96 Å². The topological polar surface area (TPSA) is 66.0 Å². The third kappa shape index (κ3) is 6.20. The van der Waals surface area contributed by atoms with Gasteiger partial charge in [0.25, 0.3) is 0 Å². The second-order valence-corrected chi connectivity index (χ2v) is 7.41. The number of piperidine rings is 1. The first kappa shape index (κ1) is 21.6. The Morgan fingerprint density at radius 2 is 1.70 bits per heavy atom. The number of aliphatic imine (C=N–C) groups is 1. The van der Waals surface area contributed by atoms with Crippen LogP contribution in [0.5, 0.6) is 11.5 Å². The first-order valence-corrected chi connectivity index (χ1v) is 10.3. The molecule has 1 fully saturated rings. The van der Waals surface area contributed by atoms with E-state index in [0.29, 0.717) is 30.4 Å². The highest BCUT2D eigenvalue weighted by Crippen LogP contribution is 2.22. The molecule has 0 atom stereocenters. The van der Waals surface area contributed by atoms with E-state index in [-0.39, 0.29) is 11.7 Å². The molecule has 1 heterocycles. The van der Waals surface area contributed by atoms with E-state index in [9.17, 15) is 9.18 Å². The van der Waals surface area contributed by atoms with Gasteiger partial charge in [-0.05, 0) is 60.7 Å². The zero-order chi connectivity index (χ0) is 21.3. The van der Waals surface area contributed by atoms with Gasteiger partial charge in [0.2, 0.25) is 5.91 Å². The predicted molar refractivity (Wildman–Crippen MR) is 116 cm³/mol. The largest absolute Gasteiger partial charge is 0.457 e. The standard InChI is InChI=1S/C23H29FN4O2/c1-25-22(29)15-17-11-13-28(14-12-17)23(26-2)27-16-18-3-7-20(8-4-18)30-21-9-5-19(24)6-10-21/h3-10,17H,11-16H2,1-2H3,(H,25,29)(H,26,27). The Bertz CT molecular complexity index is 845. The number of carbonyl (C=O) groups excluding carboxylic acids is 1. The summed E-state index contributed by atoms with van der Waals surface area (Å²) in [6.07, 6.45) is 2.58. The van der Waals surface area contributed by atoms with Crippen LogP contribution in [0.4, 0.5) is 4.39 Å². The summed E-state index contributed by atoms with van der Waals surface area (Å²) in [7, 11) is 3.48. The van der Waals surface area contributed by atoms with Crippen LogP contribution < -0.4 is 15.4 Å². The number of amides is 1. The molecule has 160 valence electrons. The van der Waals surface area contributed by atoms with E-state index in [1.165, 1.54) is 12.1 Å². The summed E-state index contributed by atoms with van der Waals surface area (Å²) in [6.45, 7) is 2.44. The first-order chi connectivity index (χ1) is 14.6. The number of benzene rings is 2. The second-order valence-electron chi connectivity index (χ2n) is 7.41. The van der Waals surface area contributed by atoms with Gasteiger partial charge in [0.05, 0.1) is 0 Å². The highest BCUT2D eigenvalue weighted by Gasteiger charge is 2.22. The molecule has 7 heteroatoms. The van der Waals surface area contributed by atoms with Gasteiger partial charge in [-0.15, -0.1) is 0 Å². The van der Waals surface area contributed by atoms with E-state index in [4.69, 9.17) is 4.74 Å². The van der Waals surface area contributed by atoms with Crippen LogP contribution in [0.15, 0.2) is 53.5 Å². The van der Waals surface area contributed by atoms with E-state index < -0.39 is 0 Å². The van der Waals surface area contributed by atoms with Crippen LogP contribution >= 0.6 is 0 Å². The van der Waals surface area contributed by atoms with Gasteiger partial charge in [-0.1, -0.05) is 12.1 Å². The fourth-order valence-electron chi connectivity index (χ4n) is 3.54. The molecule has 1 amide bonds. The Labute approximate surface area is 177 Å². The third-order valence-corrected chi connectivity index (χ3v) is 5.30. The number of rotatable bonds is 6. The van der Waals surface area contributed by atoms with Crippen molar-refractivity contribution in [3.63, 3.8) is 0 Å².